The molecule has 134 valence electrons. The van der Waals surface area contributed by atoms with Crippen LogP contribution in [0.5, 0.6) is 0 Å². The molecule has 2 atom stereocenters. The Labute approximate surface area is 140 Å². The quantitative estimate of drug-likeness (QED) is 0.711. The second kappa shape index (κ2) is 9.57. The zero-order valence-electron chi connectivity index (χ0n) is 14.7. The van der Waals surface area contributed by atoms with Gasteiger partial charge in [0.05, 0.1) is 18.8 Å². The first kappa shape index (κ1) is 18.6. The lowest BCUT2D eigenvalue weighted by Crippen LogP contribution is -2.48. The van der Waals surface area contributed by atoms with Gasteiger partial charge in [-0.3, -0.25) is 4.79 Å². The van der Waals surface area contributed by atoms with Gasteiger partial charge in [-0.15, -0.1) is 0 Å². The fourth-order valence-electron chi connectivity index (χ4n) is 3.44. The minimum absolute atomic E-state index is 0.0896. The Bertz CT molecular complexity index is 357. The molecule has 0 spiro atoms. The van der Waals surface area contributed by atoms with Crippen LogP contribution in [-0.2, 0) is 14.3 Å². The number of hydrogen-bond donors (Lipinski definition) is 1. The Kier molecular flexibility index (Phi) is 7.76. The minimum atomic E-state index is -0.381. The molecular formula is C17H33N3O3. The highest BCUT2D eigenvalue weighted by molar-refractivity contribution is 5.82. The van der Waals surface area contributed by atoms with Gasteiger partial charge in [-0.05, 0) is 38.3 Å². The van der Waals surface area contributed by atoms with Crippen LogP contribution in [0, 0.1) is 5.92 Å². The summed E-state index contributed by atoms with van der Waals surface area (Å²) in [6, 6.07) is -0.381. The van der Waals surface area contributed by atoms with Crippen molar-refractivity contribution in [1.29, 1.82) is 0 Å². The zero-order valence-corrected chi connectivity index (χ0v) is 14.7. The largest absolute Gasteiger partial charge is 0.381 e. The number of carbonyl (C=O) groups excluding carboxylic acids is 1. The molecule has 0 saturated carbocycles. The summed E-state index contributed by atoms with van der Waals surface area (Å²) in [5.41, 5.74) is 6.20. The highest BCUT2D eigenvalue weighted by atomic mass is 16.5. The normalized spacial score (nSPS) is 24.3. The van der Waals surface area contributed by atoms with Gasteiger partial charge in [0.15, 0.2) is 0 Å². The second-order valence-corrected chi connectivity index (χ2v) is 6.57. The van der Waals surface area contributed by atoms with Crippen LogP contribution in [0.4, 0.5) is 0 Å². The lowest BCUT2D eigenvalue weighted by Gasteiger charge is -2.29. The van der Waals surface area contributed by atoms with E-state index in [9.17, 15) is 4.79 Å². The van der Waals surface area contributed by atoms with Crippen molar-refractivity contribution in [2.45, 2.75) is 45.3 Å². The Morgan fingerprint density at radius 2 is 2.00 bits per heavy atom. The van der Waals surface area contributed by atoms with Crippen LogP contribution in [0.15, 0.2) is 0 Å². The molecular weight excluding hydrogens is 294 g/mol. The molecule has 0 aliphatic carbocycles. The molecule has 1 amide bonds. The summed E-state index contributed by atoms with van der Waals surface area (Å²) in [5.74, 6) is 0.352. The van der Waals surface area contributed by atoms with Gasteiger partial charge in [-0.2, -0.15) is 0 Å². The van der Waals surface area contributed by atoms with E-state index < -0.39 is 0 Å². The lowest BCUT2D eigenvalue weighted by molar-refractivity contribution is -0.134. The van der Waals surface area contributed by atoms with Crippen LogP contribution in [0.1, 0.15) is 33.1 Å². The van der Waals surface area contributed by atoms with Crippen molar-refractivity contribution in [3.05, 3.63) is 0 Å². The van der Waals surface area contributed by atoms with Crippen molar-refractivity contribution in [3.8, 4) is 0 Å². The van der Waals surface area contributed by atoms with Crippen molar-refractivity contribution in [2.75, 3.05) is 52.5 Å². The highest BCUT2D eigenvalue weighted by Crippen LogP contribution is 2.21. The van der Waals surface area contributed by atoms with Crippen molar-refractivity contribution < 1.29 is 14.3 Å². The van der Waals surface area contributed by atoms with E-state index in [0.29, 0.717) is 6.54 Å². The number of carbonyl (C=O) groups is 1. The highest BCUT2D eigenvalue weighted by Gasteiger charge is 2.33. The first-order valence-electron chi connectivity index (χ1n) is 9.11. The summed E-state index contributed by atoms with van der Waals surface area (Å²) in [5, 5.41) is 0. The second-order valence-electron chi connectivity index (χ2n) is 6.57. The fraction of sp³-hybridized carbons (Fsp3) is 0.941. The molecule has 2 saturated heterocycles. The molecule has 2 fully saturated rings. The number of rotatable bonds is 8. The van der Waals surface area contributed by atoms with Gasteiger partial charge in [-0.25, -0.2) is 0 Å². The fourth-order valence-corrected chi connectivity index (χ4v) is 3.44. The summed E-state index contributed by atoms with van der Waals surface area (Å²) in [4.78, 5) is 16.8. The van der Waals surface area contributed by atoms with E-state index >= 15 is 0 Å². The Morgan fingerprint density at radius 3 is 2.65 bits per heavy atom. The number of ether oxygens (including phenoxy) is 2. The van der Waals surface area contributed by atoms with Gasteiger partial charge in [0.25, 0.3) is 0 Å². The van der Waals surface area contributed by atoms with Gasteiger partial charge in [0.1, 0.15) is 0 Å². The molecule has 6 heteroatoms. The zero-order chi connectivity index (χ0) is 16.7. The van der Waals surface area contributed by atoms with Crippen LogP contribution in [0.2, 0.25) is 0 Å². The Morgan fingerprint density at radius 1 is 1.30 bits per heavy atom. The van der Waals surface area contributed by atoms with E-state index in [0.717, 1.165) is 65.3 Å². The molecule has 2 unspecified atom stereocenters. The molecule has 2 N–H and O–H groups in total. The first-order valence-corrected chi connectivity index (χ1v) is 9.11. The lowest BCUT2D eigenvalue weighted by atomic mass is 9.91. The van der Waals surface area contributed by atoms with Gasteiger partial charge in [0, 0.05) is 32.8 Å². The number of likely N-dealkylation sites (N-methyl/N-ethyl adjacent to an activating group) is 1. The van der Waals surface area contributed by atoms with E-state index in [2.05, 4.69) is 18.7 Å². The van der Waals surface area contributed by atoms with Crippen molar-refractivity contribution in [2.24, 2.45) is 11.7 Å². The van der Waals surface area contributed by atoms with E-state index in [-0.39, 0.29) is 24.0 Å². The molecule has 2 heterocycles. The monoisotopic (exact) mass is 327 g/mol. The maximum atomic E-state index is 12.6. The van der Waals surface area contributed by atoms with Crippen LogP contribution in [-0.4, -0.2) is 80.4 Å². The van der Waals surface area contributed by atoms with E-state index in [1.807, 2.05) is 4.90 Å². The molecule has 0 aromatic rings. The molecule has 2 aliphatic rings. The first-order chi connectivity index (χ1) is 11.2. The van der Waals surface area contributed by atoms with Gasteiger partial charge in [-0.1, -0.05) is 13.8 Å². The van der Waals surface area contributed by atoms with E-state index in [1.165, 1.54) is 0 Å². The summed E-state index contributed by atoms with van der Waals surface area (Å²) in [6.07, 6.45) is 2.87. The number of likely N-dealkylation sites (tertiary alicyclic amines) is 1. The van der Waals surface area contributed by atoms with Crippen molar-refractivity contribution in [3.63, 3.8) is 0 Å². The predicted octanol–water partition coefficient (Wildman–Crippen LogP) is 0.700. The number of hydrogen-bond acceptors (Lipinski definition) is 5. The Hall–Kier alpha value is -0.690. The predicted molar refractivity (Wildman–Crippen MR) is 90.2 cm³/mol. The number of amides is 1. The average molecular weight is 327 g/mol. The third kappa shape index (κ3) is 5.41. The standard InChI is InChI=1S/C17H33N3O3/c1-3-19(4-2)9-12-23-15-5-8-20(13-15)17(21)16(18)14-6-10-22-11-7-14/h14-16H,3-13,18H2,1-2H3. The molecule has 0 radical (unpaired) electrons. The number of nitrogens with zero attached hydrogens (tertiary/aromatic N) is 2. The topological polar surface area (TPSA) is 68.0 Å². The van der Waals surface area contributed by atoms with Gasteiger partial charge >= 0.3 is 0 Å². The van der Waals surface area contributed by atoms with Crippen LogP contribution < -0.4 is 5.73 Å². The molecule has 2 aliphatic heterocycles. The average Bonchev–Trinajstić information content (AvgIpc) is 3.07. The van der Waals surface area contributed by atoms with Gasteiger partial charge < -0.3 is 25.0 Å². The maximum Gasteiger partial charge on any atom is 0.239 e. The summed E-state index contributed by atoms with van der Waals surface area (Å²) in [6.45, 7) is 11.0. The van der Waals surface area contributed by atoms with Crippen LogP contribution >= 0.6 is 0 Å². The molecule has 0 aromatic carbocycles. The molecule has 23 heavy (non-hydrogen) atoms. The maximum absolute atomic E-state index is 12.6. The molecule has 0 aromatic heterocycles. The molecule has 6 nitrogen and oxygen atoms in total. The summed E-state index contributed by atoms with van der Waals surface area (Å²) in [7, 11) is 0. The number of nitrogens with two attached hydrogens (primary N) is 1. The SMILES string of the molecule is CCN(CC)CCOC1CCN(C(=O)C(N)C2CCOCC2)C1. The van der Waals surface area contributed by atoms with Crippen molar-refractivity contribution >= 4 is 5.91 Å². The van der Waals surface area contributed by atoms with Crippen LogP contribution in [0.25, 0.3) is 0 Å². The van der Waals surface area contributed by atoms with Crippen LogP contribution in [0.3, 0.4) is 0 Å². The minimum Gasteiger partial charge on any atom is -0.381 e. The third-order valence-corrected chi connectivity index (χ3v) is 5.17. The summed E-state index contributed by atoms with van der Waals surface area (Å²) >= 11 is 0. The van der Waals surface area contributed by atoms with E-state index in [4.69, 9.17) is 15.2 Å². The van der Waals surface area contributed by atoms with Gasteiger partial charge in [0.2, 0.25) is 5.91 Å². The summed E-state index contributed by atoms with van der Waals surface area (Å²) < 4.78 is 11.3. The smallest absolute Gasteiger partial charge is 0.239 e. The Balaban J connectivity index is 1.70. The molecule has 2 rings (SSSR count). The molecule has 0 bridgehead atoms. The third-order valence-electron chi connectivity index (χ3n) is 5.17. The van der Waals surface area contributed by atoms with Crippen molar-refractivity contribution in [1.82, 2.24) is 9.80 Å². The van der Waals surface area contributed by atoms with E-state index in [1.54, 1.807) is 0 Å².